The van der Waals surface area contributed by atoms with Crippen molar-refractivity contribution in [1.82, 2.24) is 20.2 Å². The fraction of sp³-hybridized carbons (Fsp3) is 0.889. The van der Waals surface area contributed by atoms with Crippen LogP contribution in [0.3, 0.4) is 0 Å². The van der Waals surface area contributed by atoms with E-state index in [1.807, 2.05) is 23.4 Å². The molecule has 0 spiro atoms. The highest BCUT2D eigenvalue weighted by Gasteiger charge is 2.09. The first-order valence-corrected chi connectivity index (χ1v) is 6.65. The van der Waals surface area contributed by atoms with Crippen molar-refractivity contribution in [3.8, 4) is 0 Å². The molecule has 0 fully saturated rings. The second-order valence-corrected chi connectivity index (χ2v) is 4.59. The topological polar surface area (TPSA) is 69.6 Å². The summed E-state index contributed by atoms with van der Waals surface area (Å²) in [7, 11) is 0. The van der Waals surface area contributed by atoms with Crippen LogP contribution in [0.15, 0.2) is 0 Å². The van der Waals surface area contributed by atoms with Crippen LogP contribution in [0.4, 0.5) is 0 Å². The zero-order valence-electron chi connectivity index (χ0n) is 9.39. The van der Waals surface area contributed by atoms with Gasteiger partial charge in [0.05, 0.1) is 6.04 Å². The molecule has 1 rings (SSSR count). The third kappa shape index (κ3) is 4.17. The predicted octanol–water partition coefficient (Wildman–Crippen LogP) is 1.23. The van der Waals surface area contributed by atoms with Gasteiger partial charge in [-0.1, -0.05) is 6.42 Å². The van der Waals surface area contributed by atoms with E-state index in [2.05, 4.69) is 21.8 Å². The van der Waals surface area contributed by atoms with Crippen LogP contribution in [0.2, 0.25) is 0 Å². The van der Waals surface area contributed by atoms with Gasteiger partial charge in [-0.25, -0.2) is 4.68 Å². The van der Waals surface area contributed by atoms with E-state index >= 15 is 0 Å². The molecule has 0 aromatic carbocycles. The lowest BCUT2D eigenvalue weighted by Gasteiger charge is -2.06. The highest BCUT2D eigenvalue weighted by molar-refractivity contribution is 7.98. The van der Waals surface area contributed by atoms with Gasteiger partial charge in [-0.2, -0.15) is 11.8 Å². The number of hydrogen-bond acceptors (Lipinski definition) is 5. The number of rotatable bonds is 7. The second-order valence-electron chi connectivity index (χ2n) is 3.60. The highest BCUT2D eigenvalue weighted by Crippen LogP contribution is 2.07. The van der Waals surface area contributed by atoms with Crippen molar-refractivity contribution in [2.75, 3.05) is 12.0 Å². The first kappa shape index (κ1) is 12.4. The molecule has 86 valence electrons. The summed E-state index contributed by atoms with van der Waals surface area (Å²) in [4.78, 5) is 0. The summed E-state index contributed by atoms with van der Waals surface area (Å²) in [6, 6.07) is -0.0915. The summed E-state index contributed by atoms with van der Waals surface area (Å²) >= 11 is 1.89. The molecule has 0 amide bonds. The Morgan fingerprint density at radius 3 is 2.87 bits per heavy atom. The molecule has 0 aliphatic carbocycles. The molecule has 0 radical (unpaired) electrons. The maximum absolute atomic E-state index is 5.74. The van der Waals surface area contributed by atoms with Crippen molar-refractivity contribution in [1.29, 1.82) is 0 Å². The summed E-state index contributed by atoms with van der Waals surface area (Å²) < 4.78 is 1.81. The minimum atomic E-state index is -0.0915. The molecular weight excluding hydrogens is 210 g/mol. The Bertz CT molecular complexity index is 273. The van der Waals surface area contributed by atoms with Crippen molar-refractivity contribution in [3.63, 3.8) is 0 Å². The summed E-state index contributed by atoms with van der Waals surface area (Å²) in [6.07, 6.45) is 5.73. The molecular formula is C9H19N5S. The molecule has 0 aliphatic heterocycles. The molecule has 1 unspecified atom stereocenters. The smallest absolute Gasteiger partial charge is 0.167 e. The average molecular weight is 229 g/mol. The molecule has 0 aliphatic rings. The van der Waals surface area contributed by atoms with E-state index in [0.29, 0.717) is 0 Å². The quantitative estimate of drug-likeness (QED) is 0.712. The van der Waals surface area contributed by atoms with Crippen LogP contribution in [-0.4, -0.2) is 32.2 Å². The number of unbranched alkanes of at least 4 members (excludes halogenated alkanes) is 2. The Morgan fingerprint density at radius 2 is 2.20 bits per heavy atom. The Hall–Kier alpha value is -0.620. The number of thioether (sulfide) groups is 1. The Balaban J connectivity index is 2.28. The van der Waals surface area contributed by atoms with Crippen molar-refractivity contribution in [3.05, 3.63) is 5.82 Å². The summed E-state index contributed by atoms with van der Waals surface area (Å²) in [5, 5.41) is 11.5. The van der Waals surface area contributed by atoms with E-state index in [0.717, 1.165) is 18.8 Å². The number of aromatic nitrogens is 4. The predicted molar refractivity (Wildman–Crippen MR) is 62.7 cm³/mol. The maximum atomic E-state index is 5.74. The van der Waals surface area contributed by atoms with Gasteiger partial charge in [-0.05, 0) is 42.2 Å². The number of nitrogens with zero attached hydrogens (tertiary/aromatic N) is 4. The van der Waals surface area contributed by atoms with Crippen LogP contribution in [0.25, 0.3) is 0 Å². The van der Waals surface area contributed by atoms with Gasteiger partial charge >= 0.3 is 0 Å². The first-order chi connectivity index (χ1) is 7.25. The fourth-order valence-electron chi connectivity index (χ4n) is 1.38. The van der Waals surface area contributed by atoms with Gasteiger partial charge in [-0.15, -0.1) is 5.10 Å². The van der Waals surface area contributed by atoms with Crippen LogP contribution in [0, 0.1) is 0 Å². The Morgan fingerprint density at radius 1 is 1.40 bits per heavy atom. The van der Waals surface area contributed by atoms with Gasteiger partial charge in [0.25, 0.3) is 0 Å². The Kier molecular flexibility index (Phi) is 5.63. The van der Waals surface area contributed by atoms with E-state index < -0.39 is 0 Å². The highest BCUT2D eigenvalue weighted by atomic mass is 32.2. The van der Waals surface area contributed by atoms with Crippen LogP contribution in [0.1, 0.15) is 38.1 Å². The third-order valence-electron chi connectivity index (χ3n) is 2.19. The van der Waals surface area contributed by atoms with E-state index in [4.69, 9.17) is 5.73 Å². The SMILES string of the molecule is CSCCCCCn1nnnc1C(C)N. The van der Waals surface area contributed by atoms with Gasteiger partial charge in [0.2, 0.25) is 0 Å². The number of tetrazole rings is 1. The lowest BCUT2D eigenvalue weighted by Crippen LogP contribution is -2.14. The molecule has 1 atom stereocenters. The van der Waals surface area contributed by atoms with Crippen LogP contribution < -0.4 is 5.73 Å². The van der Waals surface area contributed by atoms with Gasteiger partial charge in [0.15, 0.2) is 5.82 Å². The molecule has 1 aromatic rings. The molecule has 1 aromatic heterocycles. The van der Waals surface area contributed by atoms with Crippen molar-refractivity contribution in [2.45, 2.75) is 38.8 Å². The lowest BCUT2D eigenvalue weighted by molar-refractivity contribution is 0.506. The molecule has 0 saturated heterocycles. The number of nitrogens with two attached hydrogens (primary N) is 1. The number of hydrogen-bond donors (Lipinski definition) is 1. The molecule has 6 heteroatoms. The van der Waals surface area contributed by atoms with Crippen LogP contribution in [0.5, 0.6) is 0 Å². The molecule has 0 saturated carbocycles. The first-order valence-electron chi connectivity index (χ1n) is 5.26. The summed E-state index contributed by atoms with van der Waals surface area (Å²) in [5.74, 6) is 2.01. The minimum Gasteiger partial charge on any atom is -0.322 e. The van der Waals surface area contributed by atoms with Gasteiger partial charge in [0, 0.05) is 6.54 Å². The second kappa shape index (κ2) is 6.79. The largest absolute Gasteiger partial charge is 0.322 e. The van der Waals surface area contributed by atoms with Gasteiger partial charge < -0.3 is 5.73 Å². The Labute approximate surface area is 94.8 Å². The minimum absolute atomic E-state index is 0.0915. The third-order valence-corrected chi connectivity index (χ3v) is 2.88. The normalized spacial score (nSPS) is 13.0. The van der Waals surface area contributed by atoms with Gasteiger partial charge in [0.1, 0.15) is 0 Å². The van der Waals surface area contributed by atoms with E-state index in [-0.39, 0.29) is 6.04 Å². The average Bonchev–Trinajstić information content (AvgIpc) is 2.66. The zero-order chi connectivity index (χ0) is 11.1. The fourth-order valence-corrected chi connectivity index (χ4v) is 1.87. The molecule has 2 N–H and O–H groups in total. The van der Waals surface area contributed by atoms with E-state index in [1.54, 1.807) is 0 Å². The van der Waals surface area contributed by atoms with Crippen molar-refractivity contribution < 1.29 is 0 Å². The number of aryl methyl sites for hydroxylation is 1. The monoisotopic (exact) mass is 229 g/mol. The summed E-state index contributed by atoms with van der Waals surface area (Å²) in [5.41, 5.74) is 5.74. The lowest BCUT2D eigenvalue weighted by atomic mass is 10.2. The van der Waals surface area contributed by atoms with E-state index in [1.165, 1.54) is 18.6 Å². The van der Waals surface area contributed by atoms with Crippen molar-refractivity contribution >= 4 is 11.8 Å². The molecule has 15 heavy (non-hydrogen) atoms. The summed E-state index contributed by atoms with van der Waals surface area (Å²) in [6.45, 7) is 2.77. The molecule has 0 bridgehead atoms. The van der Waals surface area contributed by atoms with Gasteiger partial charge in [-0.3, -0.25) is 0 Å². The van der Waals surface area contributed by atoms with Crippen LogP contribution in [-0.2, 0) is 6.54 Å². The standard InChI is InChI=1S/C9H19N5S/c1-8(10)9-11-12-13-14(9)6-4-3-5-7-15-2/h8H,3-7,10H2,1-2H3. The van der Waals surface area contributed by atoms with Crippen LogP contribution >= 0.6 is 11.8 Å². The maximum Gasteiger partial charge on any atom is 0.167 e. The van der Waals surface area contributed by atoms with Crippen molar-refractivity contribution in [2.24, 2.45) is 5.73 Å². The zero-order valence-corrected chi connectivity index (χ0v) is 10.2. The molecule has 1 heterocycles. The molecule has 5 nitrogen and oxygen atoms in total. The van der Waals surface area contributed by atoms with E-state index in [9.17, 15) is 0 Å².